The smallest absolute Gasteiger partial charge is 0.412 e. The normalized spacial score (nSPS) is 11.8. The summed E-state index contributed by atoms with van der Waals surface area (Å²) in [6.07, 6.45) is 1.34. The van der Waals surface area contributed by atoms with Gasteiger partial charge in [-0.25, -0.2) is 4.79 Å². The van der Waals surface area contributed by atoms with Crippen LogP contribution in [0.1, 0.15) is 32.8 Å². The third kappa shape index (κ3) is 9.88. The van der Waals surface area contributed by atoms with Crippen molar-refractivity contribution in [3.8, 4) is 0 Å². The molecule has 0 fully saturated rings. The number of hydrogen-bond acceptors (Lipinski definition) is 4. The number of guanidine groups is 1. The second-order valence-corrected chi connectivity index (χ2v) is 6.85. The van der Waals surface area contributed by atoms with E-state index in [1.807, 2.05) is 45.0 Å². The van der Waals surface area contributed by atoms with E-state index >= 15 is 0 Å². The number of methoxy groups -OCH3 is 1. The molecule has 0 aliphatic rings. The fraction of sp³-hybridized carbons (Fsp3) is 0.579. The molecule has 0 heterocycles. The van der Waals surface area contributed by atoms with Gasteiger partial charge in [-0.2, -0.15) is 0 Å². The van der Waals surface area contributed by atoms with Crippen molar-refractivity contribution in [3.63, 3.8) is 0 Å². The maximum absolute atomic E-state index is 11.7. The van der Waals surface area contributed by atoms with Gasteiger partial charge in [0.15, 0.2) is 5.96 Å². The predicted molar refractivity (Wildman–Crippen MR) is 106 cm³/mol. The molecule has 7 nitrogen and oxygen atoms in total. The average Bonchev–Trinajstić information content (AvgIpc) is 2.57. The van der Waals surface area contributed by atoms with Gasteiger partial charge in [0.05, 0.1) is 0 Å². The molecule has 0 aliphatic carbocycles. The molecular formula is C19H32N4O3. The average molecular weight is 364 g/mol. The van der Waals surface area contributed by atoms with Gasteiger partial charge in [-0.3, -0.25) is 10.3 Å². The largest absolute Gasteiger partial charge is 0.444 e. The number of anilines is 1. The van der Waals surface area contributed by atoms with Crippen LogP contribution in [0.2, 0.25) is 0 Å². The quantitative estimate of drug-likeness (QED) is 0.375. The Labute approximate surface area is 156 Å². The SMILES string of the molecule is CN=C(NCCCOC)NCCc1ccc(NC(=O)OC(C)(C)C)cc1. The fourth-order valence-corrected chi connectivity index (χ4v) is 2.15. The highest BCUT2D eigenvalue weighted by molar-refractivity contribution is 5.84. The number of amides is 1. The summed E-state index contributed by atoms with van der Waals surface area (Å²) in [7, 11) is 3.45. The minimum atomic E-state index is -0.508. The fourth-order valence-electron chi connectivity index (χ4n) is 2.15. The van der Waals surface area contributed by atoms with E-state index < -0.39 is 11.7 Å². The van der Waals surface area contributed by atoms with E-state index in [1.165, 1.54) is 5.56 Å². The molecule has 26 heavy (non-hydrogen) atoms. The Morgan fingerprint density at radius 3 is 2.35 bits per heavy atom. The monoisotopic (exact) mass is 364 g/mol. The Hall–Kier alpha value is -2.28. The molecule has 0 bridgehead atoms. The number of aliphatic imine (C=N–C) groups is 1. The van der Waals surface area contributed by atoms with Crippen LogP contribution in [0.5, 0.6) is 0 Å². The molecule has 0 radical (unpaired) electrons. The molecule has 0 saturated heterocycles. The summed E-state index contributed by atoms with van der Waals surface area (Å²) in [6, 6.07) is 7.72. The number of ether oxygens (including phenoxy) is 2. The second kappa shape index (κ2) is 11.4. The first-order chi connectivity index (χ1) is 12.3. The molecule has 0 unspecified atom stereocenters. The van der Waals surface area contributed by atoms with Crippen LogP contribution in [0, 0.1) is 0 Å². The van der Waals surface area contributed by atoms with Gasteiger partial charge in [-0.15, -0.1) is 0 Å². The molecule has 1 aromatic carbocycles. The highest BCUT2D eigenvalue weighted by Gasteiger charge is 2.16. The van der Waals surface area contributed by atoms with Gasteiger partial charge in [-0.05, 0) is 51.3 Å². The van der Waals surface area contributed by atoms with Crippen LogP contribution in [0.25, 0.3) is 0 Å². The van der Waals surface area contributed by atoms with Crippen molar-refractivity contribution in [2.24, 2.45) is 4.99 Å². The lowest BCUT2D eigenvalue weighted by Crippen LogP contribution is -2.39. The molecule has 3 N–H and O–H groups in total. The van der Waals surface area contributed by atoms with Crippen LogP contribution < -0.4 is 16.0 Å². The number of nitrogens with zero attached hydrogens (tertiary/aromatic N) is 1. The maximum Gasteiger partial charge on any atom is 0.412 e. The number of nitrogens with one attached hydrogen (secondary N) is 3. The zero-order valence-corrected chi connectivity index (χ0v) is 16.5. The Balaban J connectivity index is 2.34. The summed E-state index contributed by atoms with van der Waals surface area (Å²) in [5.74, 6) is 0.782. The molecule has 0 aliphatic heterocycles. The van der Waals surface area contributed by atoms with Gasteiger partial charge in [0.1, 0.15) is 5.60 Å². The Bertz CT molecular complexity index is 565. The first-order valence-corrected chi connectivity index (χ1v) is 8.86. The van der Waals surface area contributed by atoms with Crippen molar-refractivity contribution in [1.29, 1.82) is 0 Å². The minimum absolute atomic E-state index is 0.449. The van der Waals surface area contributed by atoms with Crippen LogP contribution >= 0.6 is 0 Å². The zero-order chi connectivity index (χ0) is 19.4. The Morgan fingerprint density at radius 1 is 1.12 bits per heavy atom. The van der Waals surface area contributed by atoms with Crippen LogP contribution in [-0.2, 0) is 15.9 Å². The summed E-state index contributed by atoms with van der Waals surface area (Å²) in [5.41, 5.74) is 1.37. The molecule has 1 aromatic rings. The summed E-state index contributed by atoms with van der Waals surface area (Å²) in [6.45, 7) is 7.82. The van der Waals surface area contributed by atoms with Gasteiger partial charge in [0.2, 0.25) is 0 Å². The maximum atomic E-state index is 11.7. The third-order valence-corrected chi connectivity index (χ3v) is 3.35. The molecule has 0 atom stereocenters. The van der Waals surface area contributed by atoms with Gasteiger partial charge in [0.25, 0.3) is 0 Å². The van der Waals surface area contributed by atoms with E-state index in [0.717, 1.165) is 38.5 Å². The summed E-state index contributed by atoms with van der Waals surface area (Å²) in [5, 5.41) is 9.24. The van der Waals surface area contributed by atoms with Crippen LogP contribution in [0.15, 0.2) is 29.3 Å². The van der Waals surface area contributed by atoms with E-state index in [-0.39, 0.29) is 0 Å². The van der Waals surface area contributed by atoms with Gasteiger partial charge >= 0.3 is 6.09 Å². The van der Waals surface area contributed by atoms with Crippen molar-refractivity contribution in [3.05, 3.63) is 29.8 Å². The van der Waals surface area contributed by atoms with Crippen LogP contribution in [0.4, 0.5) is 10.5 Å². The number of carbonyl (C=O) groups is 1. The second-order valence-electron chi connectivity index (χ2n) is 6.85. The molecule has 0 aromatic heterocycles. The minimum Gasteiger partial charge on any atom is -0.444 e. The number of benzene rings is 1. The van der Waals surface area contributed by atoms with Gasteiger partial charge in [-0.1, -0.05) is 12.1 Å². The molecular weight excluding hydrogens is 332 g/mol. The van der Waals surface area contributed by atoms with Crippen molar-refractivity contribution in [2.45, 2.75) is 39.2 Å². The molecule has 0 spiro atoms. The van der Waals surface area contributed by atoms with Gasteiger partial charge < -0.3 is 20.1 Å². The Morgan fingerprint density at radius 2 is 1.77 bits per heavy atom. The van der Waals surface area contributed by atoms with E-state index in [2.05, 4.69) is 20.9 Å². The summed E-state index contributed by atoms with van der Waals surface area (Å²) >= 11 is 0. The molecule has 1 amide bonds. The number of rotatable bonds is 8. The lowest BCUT2D eigenvalue weighted by atomic mass is 10.1. The summed E-state index contributed by atoms with van der Waals surface area (Å²) in [4.78, 5) is 15.9. The highest BCUT2D eigenvalue weighted by Crippen LogP contribution is 2.13. The standard InChI is InChI=1S/C19H32N4O3/c1-19(2,3)26-18(24)23-16-9-7-15(8-10-16)11-13-22-17(20-4)21-12-6-14-25-5/h7-10H,6,11-14H2,1-5H3,(H,23,24)(H2,20,21,22). The zero-order valence-electron chi connectivity index (χ0n) is 16.5. The molecule has 1 rings (SSSR count). The van der Waals surface area contributed by atoms with E-state index in [0.29, 0.717) is 5.69 Å². The van der Waals surface area contributed by atoms with Crippen molar-refractivity contribution in [1.82, 2.24) is 10.6 Å². The van der Waals surface area contributed by atoms with Crippen LogP contribution in [0.3, 0.4) is 0 Å². The van der Waals surface area contributed by atoms with E-state index in [1.54, 1.807) is 14.2 Å². The topological polar surface area (TPSA) is 84.0 Å². The number of hydrogen-bond donors (Lipinski definition) is 3. The lowest BCUT2D eigenvalue weighted by Gasteiger charge is -2.19. The third-order valence-electron chi connectivity index (χ3n) is 3.35. The van der Waals surface area contributed by atoms with Crippen LogP contribution in [-0.4, -0.2) is 51.5 Å². The molecule has 0 saturated carbocycles. The first kappa shape index (κ1) is 21.8. The summed E-state index contributed by atoms with van der Waals surface area (Å²) < 4.78 is 10.3. The molecule has 146 valence electrons. The Kier molecular flexibility index (Phi) is 9.51. The van der Waals surface area contributed by atoms with Gasteiger partial charge in [0, 0.05) is 39.5 Å². The van der Waals surface area contributed by atoms with E-state index in [4.69, 9.17) is 9.47 Å². The van der Waals surface area contributed by atoms with Crippen molar-refractivity contribution in [2.75, 3.05) is 39.2 Å². The molecule has 7 heteroatoms. The van der Waals surface area contributed by atoms with E-state index in [9.17, 15) is 4.79 Å². The predicted octanol–water partition coefficient (Wildman–Crippen LogP) is 2.78. The lowest BCUT2D eigenvalue weighted by molar-refractivity contribution is 0.0636. The van der Waals surface area contributed by atoms with Crippen molar-refractivity contribution >= 4 is 17.7 Å². The number of carbonyl (C=O) groups excluding carboxylic acids is 1. The van der Waals surface area contributed by atoms with Crippen molar-refractivity contribution < 1.29 is 14.3 Å². The highest BCUT2D eigenvalue weighted by atomic mass is 16.6. The first-order valence-electron chi connectivity index (χ1n) is 8.86.